The van der Waals surface area contributed by atoms with Gasteiger partial charge in [0.25, 0.3) is 0 Å². The van der Waals surface area contributed by atoms with Crippen LogP contribution in [0.4, 0.5) is 16.2 Å². The van der Waals surface area contributed by atoms with Crippen molar-refractivity contribution in [3.8, 4) is 11.3 Å². The Morgan fingerprint density at radius 1 is 1.13 bits per heavy atom. The molecule has 1 fully saturated rings. The Hall–Kier alpha value is -3.52. The second-order valence-electron chi connectivity index (χ2n) is 7.65. The highest BCUT2D eigenvalue weighted by molar-refractivity contribution is 5.98. The van der Waals surface area contributed by atoms with Crippen molar-refractivity contribution in [2.24, 2.45) is 0 Å². The van der Waals surface area contributed by atoms with Crippen LogP contribution in [-0.2, 0) is 11.3 Å². The summed E-state index contributed by atoms with van der Waals surface area (Å²) >= 11 is 0. The molecule has 2 aromatic carbocycles. The molecule has 1 aliphatic rings. The molecule has 3 heterocycles. The van der Waals surface area contributed by atoms with Gasteiger partial charge in [0.2, 0.25) is 5.95 Å². The van der Waals surface area contributed by atoms with E-state index in [4.69, 9.17) is 10.5 Å². The van der Waals surface area contributed by atoms with Crippen molar-refractivity contribution in [1.29, 1.82) is 0 Å². The van der Waals surface area contributed by atoms with Crippen LogP contribution in [0.5, 0.6) is 0 Å². The van der Waals surface area contributed by atoms with Crippen LogP contribution >= 0.6 is 0 Å². The van der Waals surface area contributed by atoms with Crippen LogP contribution in [0.3, 0.4) is 0 Å². The Morgan fingerprint density at radius 2 is 2.00 bits per heavy atom. The van der Waals surface area contributed by atoms with Crippen LogP contribution < -0.4 is 11.1 Å². The number of halogens is 1. The minimum Gasteiger partial charge on any atom is -0.383 e. The molecular formula is C23H23FN6O. The molecule has 0 saturated carbocycles. The minimum absolute atomic E-state index is 0.137. The van der Waals surface area contributed by atoms with Crippen LogP contribution in [0.1, 0.15) is 18.4 Å². The zero-order valence-electron chi connectivity index (χ0n) is 17.0. The van der Waals surface area contributed by atoms with Gasteiger partial charge in [-0.25, -0.2) is 14.1 Å². The molecule has 3 N–H and O–H groups in total. The van der Waals surface area contributed by atoms with E-state index in [1.54, 1.807) is 10.7 Å². The fraction of sp³-hybridized carbons (Fsp3) is 0.261. The first-order chi connectivity index (χ1) is 15.2. The zero-order chi connectivity index (χ0) is 21.2. The Kier molecular flexibility index (Phi) is 5.21. The van der Waals surface area contributed by atoms with Crippen LogP contribution in [0.2, 0.25) is 0 Å². The van der Waals surface area contributed by atoms with Gasteiger partial charge in [-0.15, -0.1) is 5.10 Å². The number of hydrogen-bond acceptors (Lipinski definition) is 6. The first kappa shape index (κ1) is 19.4. The fourth-order valence-corrected chi connectivity index (χ4v) is 3.87. The molecule has 31 heavy (non-hydrogen) atoms. The molecule has 4 aromatic rings. The maximum absolute atomic E-state index is 14.0. The highest BCUT2D eigenvalue weighted by Gasteiger charge is 2.20. The molecule has 8 heteroatoms. The number of hydrogen-bond donors (Lipinski definition) is 2. The van der Waals surface area contributed by atoms with Gasteiger partial charge in [0.1, 0.15) is 11.6 Å². The van der Waals surface area contributed by atoms with Crippen molar-refractivity contribution >= 4 is 22.8 Å². The summed E-state index contributed by atoms with van der Waals surface area (Å²) in [6.07, 6.45) is 2.20. The number of nitrogens with two attached hydrogens (primary N) is 1. The molecule has 158 valence electrons. The van der Waals surface area contributed by atoms with Crippen LogP contribution in [0.15, 0.2) is 54.6 Å². The van der Waals surface area contributed by atoms with Crippen LogP contribution in [0.25, 0.3) is 22.3 Å². The summed E-state index contributed by atoms with van der Waals surface area (Å²) in [6, 6.07) is 16.2. The van der Waals surface area contributed by atoms with E-state index < -0.39 is 0 Å². The van der Waals surface area contributed by atoms with Crippen molar-refractivity contribution in [3.63, 3.8) is 0 Å². The molecule has 0 aliphatic carbocycles. The van der Waals surface area contributed by atoms with Gasteiger partial charge in [-0.3, -0.25) is 0 Å². The van der Waals surface area contributed by atoms with E-state index in [0.717, 1.165) is 25.0 Å². The van der Waals surface area contributed by atoms with Gasteiger partial charge in [-0.1, -0.05) is 42.5 Å². The molecule has 1 saturated heterocycles. The quantitative estimate of drug-likeness (QED) is 0.494. The number of nitrogens with one attached hydrogen (secondary N) is 1. The van der Waals surface area contributed by atoms with Crippen LogP contribution in [0, 0.1) is 5.82 Å². The minimum atomic E-state index is -0.339. The van der Waals surface area contributed by atoms with Gasteiger partial charge in [-0.05, 0) is 30.5 Å². The molecule has 1 atom stereocenters. The Balaban J connectivity index is 1.58. The van der Waals surface area contributed by atoms with E-state index in [0.29, 0.717) is 47.1 Å². The lowest BCUT2D eigenvalue weighted by atomic mass is 10.1. The van der Waals surface area contributed by atoms with Gasteiger partial charge in [-0.2, -0.15) is 4.98 Å². The van der Waals surface area contributed by atoms with Gasteiger partial charge < -0.3 is 15.8 Å². The standard InChI is InChI=1S/C23H23FN6O/c24-17-9-4-8-16(12-17)20-19-21(25)30(14-15-6-2-1-3-7-15)29-22(19)28-23(27-20)26-13-18-10-5-11-31-18/h1-4,6-9,12,18H,5,10-11,13-14,25H2,(H,26,28,29)/t18-/m0/s1. The number of nitrogen functional groups attached to an aromatic ring is 1. The van der Waals surface area contributed by atoms with Gasteiger partial charge in [0, 0.05) is 18.7 Å². The summed E-state index contributed by atoms with van der Waals surface area (Å²) in [4.78, 5) is 9.26. The van der Waals surface area contributed by atoms with E-state index in [9.17, 15) is 4.39 Å². The molecule has 0 bridgehead atoms. The third-order valence-electron chi connectivity index (χ3n) is 5.42. The van der Waals surface area contributed by atoms with Crippen LogP contribution in [-0.4, -0.2) is 39.0 Å². The third kappa shape index (κ3) is 4.06. The molecule has 5 rings (SSSR count). The first-order valence-corrected chi connectivity index (χ1v) is 10.4. The predicted octanol–water partition coefficient (Wildman–Crippen LogP) is 3.85. The number of ether oxygens (including phenoxy) is 1. The van der Waals surface area contributed by atoms with E-state index in [1.807, 2.05) is 36.4 Å². The molecule has 0 radical (unpaired) electrons. The maximum atomic E-state index is 14.0. The average Bonchev–Trinajstić information content (AvgIpc) is 3.41. The molecule has 0 spiro atoms. The van der Waals surface area contributed by atoms with Gasteiger partial charge in [0.15, 0.2) is 5.65 Å². The Bertz CT molecular complexity index is 1200. The fourth-order valence-electron chi connectivity index (χ4n) is 3.87. The summed E-state index contributed by atoms with van der Waals surface area (Å²) < 4.78 is 21.4. The molecule has 1 aliphatic heterocycles. The maximum Gasteiger partial charge on any atom is 0.225 e. The van der Waals surface area contributed by atoms with E-state index in [-0.39, 0.29) is 11.9 Å². The lowest BCUT2D eigenvalue weighted by Crippen LogP contribution is -2.19. The molecule has 2 aromatic heterocycles. The average molecular weight is 418 g/mol. The third-order valence-corrected chi connectivity index (χ3v) is 5.42. The zero-order valence-corrected chi connectivity index (χ0v) is 17.0. The van der Waals surface area contributed by atoms with Crippen molar-refractivity contribution in [2.45, 2.75) is 25.5 Å². The number of anilines is 2. The summed E-state index contributed by atoms with van der Waals surface area (Å²) in [5.74, 6) is 0.531. The second kappa shape index (κ2) is 8.31. The highest BCUT2D eigenvalue weighted by Crippen LogP contribution is 2.32. The Labute approximate surface area is 179 Å². The lowest BCUT2D eigenvalue weighted by Gasteiger charge is -2.12. The number of aromatic nitrogens is 4. The number of benzene rings is 2. The number of nitrogens with zero attached hydrogens (tertiary/aromatic N) is 4. The normalized spacial score (nSPS) is 16.1. The molecule has 0 amide bonds. The largest absolute Gasteiger partial charge is 0.383 e. The first-order valence-electron chi connectivity index (χ1n) is 10.4. The summed E-state index contributed by atoms with van der Waals surface area (Å²) in [5.41, 5.74) is 9.19. The molecule has 7 nitrogen and oxygen atoms in total. The summed E-state index contributed by atoms with van der Waals surface area (Å²) in [6.45, 7) is 1.89. The summed E-state index contributed by atoms with van der Waals surface area (Å²) in [5, 5.41) is 8.50. The van der Waals surface area contributed by atoms with Crippen molar-refractivity contribution < 1.29 is 9.13 Å². The highest BCUT2D eigenvalue weighted by atomic mass is 19.1. The van der Waals surface area contributed by atoms with E-state index in [2.05, 4.69) is 20.4 Å². The Morgan fingerprint density at radius 3 is 2.77 bits per heavy atom. The number of rotatable bonds is 6. The second-order valence-corrected chi connectivity index (χ2v) is 7.65. The monoisotopic (exact) mass is 418 g/mol. The summed E-state index contributed by atoms with van der Waals surface area (Å²) in [7, 11) is 0. The molecular weight excluding hydrogens is 395 g/mol. The topological polar surface area (TPSA) is 90.9 Å². The van der Waals surface area contributed by atoms with E-state index in [1.165, 1.54) is 12.1 Å². The van der Waals surface area contributed by atoms with Gasteiger partial charge in [0.05, 0.1) is 23.7 Å². The van der Waals surface area contributed by atoms with Crippen molar-refractivity contribution in [1.82, 2.24) is 19.7 Å². The number of fused-ring (bicyclic) bond motifs is 1. The van der Waals surface area contributed by atoms with Crippen molar-refractivity contribution in [3.05, 3.63) is 66.0 Å². The molecule has 0 unspecified atom stereocenters. The lowest BCUT2D eigenvalue weighted by molar-refractivity contribution is 0.120. The predicted molar refractivity (Wildman–Crippen MR) is 118 cm³/mol. The van der Waals surface area contributed by atoms with E-state index >= 15 is 0 Å². The van der Waals surface area contributed by atoms with Crippen molar-refractivity contribution in [2.75, 3.05) is 24.2 Å². The SMILES string of the molecule is Nc1c2c(-c3cccc(F)c3)nc(NC[C@@H]3CCCO3)nc2nn1Cc1ccccc1. The smallest absolute Gasteiger partial charge is 0.225 e. The van der Waals surface area contributed by atoms with Gasteiger partial charge >= 0.3 is 0 Å².